The van der Waals surface area contributed by atoms with Gasteiger partial charge in [0.1, 0.15) is 24.4 Å². The summed E-state index contributed by atoms with van der Waals surface area (Å²) >= 11 is 0. The molecule has 50 heavy (non-hydrogen) atoms. The Bertz CT molecular complexity index is 1270. The van der Waals surface area contributed by atoms with Gasteiger partial charge in [0, 0.05) is 25.7 Å². The fraction of sp³-hybridized carbons (Fsp3) is 0.568. The number of carbonyl (C=O) groups excluding carboxylic acids is 4. The van der Waals surface area contributed by atoms with Crippen molar-refractivity contribution in [3.8, 4) is 0 Å². The van der Waals surface area contributed by atoms with Crippen molar-refractivity contribution in [2.45, 2.75) is 104 Å². The highest BCUT2D eigenvalue weighted by Crippen LogP contribution is 2.20. The molecule has 2 saturated heterocycles. The second-order valence-electron chi connectivity index (χ2n) is 14.6. The molecule has 13 heteroatoms. The summed E-state index contributed by atoms with van der Waals surface area (Å²) in [7, 11) is 0. The van der Waals surface area contributed by atoms with E-state index in [0.717, 1.165) is 11.1 Å². The van der Waals surface area contributed by atoms with Crippen LogP contribution in [-0.2, 0) is 32.2 Å². The van der Waals surface area contributed by atoms with Crippen molar-refractivity contribution < 1.29 is 43.2 Å². The largest absolute Gasteiger partial charge is 0.445 e. The minimum absolute atomic E-state index is 0.0121. The SMILES string of the molecule is CC(C)(C)OC(=O)N1CC[C@@H](NC(=O)OCc2ccccc2)[C@H](O)C1.C[C@@H]1CN(C(=O)OC(C)(C)C)CC[C@H]1NC(=O)OCc1ccccc1. The van der Waals surface area contributed by atoms with Gasteiger partial charge in [-0.15, -0.1) is 0 Å². The molecule has 3 N–H and O–H groups in total. The molecule has 0 spiro atoms. The number of aliphatic hydroxyl groups is 1. The molecule has 2 aromatic rings. The molecule has 4 rings (SSSR count). The summed E-state index contributed by atoms with van der Waals surface area (Å²) in [6.07, 6.45) is -1.53. The molecular formula is C37H54N4O9. The third-order valence-corrected chi connectivity index (χ3v) is 7.82. The Balaban J connectivity index is 0.000000270. The molecule has 0 bridgehead atoms. The van der Waals surface area contributed by atoms with Gasteiger partial charge in [-0.1, -0.05) is 67.6 Å². The molecule has 2 aromatic carbocycles. The minimum Gasteiger partial charge on any atom is -0.445 e. The number of piperidine rings is 2. The van der Waals surface area contributed by atoms with Crippen LogP contribution in [0.2, 0.25) is 0 Å². The number of nitrogens with zero attached hydrogens (tertiary/aromatic N) is 2. The van der Waals surface area contributed by atoms with Crippen LogP contribution in [0.4, 0.5) is 19.2 Å². The highest BCUT2D eigenvalue weighted by molar-refractivity contribution is 5.70. The molecule has 4 amide bonds. The van der Waals surface area contributed by atoms with E-state index in [1.54, 1.807) is 25.7 Å². The van der Waals surface area contributed by atoms with Crippen molar-refractivity contribution in [1.82, 2.24) is 20.4 Å². The second kappa shape index (κ2) is 18.5. The van der Waals surface area contributed by atoms with Crippen LogP contribution in [0.1, 0.15) is 72.4 Å². The Labute approximate surface area is 295 Å². The number of ether oxygens (including phenoxy) is 4. The van der Waals surface area contributed by atoms with Crippen molar-refractivity contribution in [2.75, 3.05) is 26.2 Å². The predicted octanol–water partition coefficient (Wildman–Crippen LogP) is 5.84. The average Bonchev–Trinajstić information content (AvgIpc) is 3.04. The van der Waals surface area contributed by atoms with Crippen molar-refractivity contribution in [3.63, 3.8) is 0 Å². The summed E-state index contributed by atoms with van der Waals surface area (Å²) in [6, 6.07) is 18.4. The number of hydrogen-bond acceptors (Lipinski definition) is 9. The van der Waals surface area contributed by atoms with Gasteiger partial charge in [0.25, 0.3) is 0 Å². The lowest BCUT2D eigenvalue weighted by Crippen LogP contribution is -2.56. The predicted molar refractivity (Wildman–Crippen MR) is 187 cm³/mol. The monoisotopic (exact) mass is 698 g/mol. The Morgan fingerprint density at radius 3 is 1.48 bits per heavy atom. The number of benzene rings is 2. The molecule has 0 aromatic heterocycles. The number of rotatable bonds is 6. The maximum absolute atomic E-state index is 12.1. The van der Waals surface area contributed by atoms with Gasteiger partial charge >= 0.3 is 24.4 Å². The summed E-state index contributed by atoms with van der Waals surface area (Å²) in [5, 5.41) is 15.8. The molecule has 2 aliphatic rings. The van der Waals surface area contributed by atoms with E-state index in [2.05, 4.69) is 10.6 Å². The zero-order valence-corrected chi connectivity index (χ0v) is 30.3. The molecule has 2 fully saturated rings. The molecule has 0 saturated carbocycles. The van der Waals surface area contributed by atoms with Crippen LogP contribution < -0.4 is 10.6 Å². The third-order valence-electron chi connectivity index (χ3n) is 7.82. The van der Waals surface area contributed by atoms with Crippen molar-refractivity contribution in [3.05, 3.63) is 71.8 Å². The molecular weight excluding hydrogens is 644 g/mol. The van der Waals surface area contributed by atoms with Crippen LogP contribution in [0.5, 0.6) is 0 Å². The van der Waals surface area contributed by atoms with Gasteiger partial charge < -0.3 is 44.5 Å². The van der Waals surface area contributed by atoms with E-state index in [1.807, 2.05) is 88.4 Å². The van der Waals surface area contributed by atoms with Crippen LogP contribution >= 0.6 is 0 Å². The number of nitrogens with one attached hydrogen (secondary N) is 2. The molecule has 13 nitrogen and oxygen atoms in total. The lowest BCUT2D eigenvalue weighted by molar-refractivity contribution is -0.00479. The van der Waals surface area contributed by atoms with Gasteiger partial charge in [0.05, 0.1) is 18.7 Å². The van der Waals surface area contributed by atoms with Crippen molar-refractivity contribution in [2.24, 2.45) is 5.92 Å². The number of aliphatic hydroxyl groups excluding tert-OH is 1. The highest BCUT2D eigenvalue weighted by atomic mass is 16.6. The Morgan fingerprint density at radius 2 is 1.08 bits per heavy atom. The van der Waals surface area contributed by atoms with E-state index >= 15 is 0 Å². The van der Waals surface area contributed by atoms with Crippen LogP contribution in [0.25, 0.3) is 0 Å². The molecule has 2 aliphatic heterocycles. The minimum atomic E-state index is -0.870. The Morgan fingerprint density at radius 1 is 0.680 bits per heavy atom. The van der Waals surface area contributed by atoms with Gasteiger partial charge in [-0.25, -0.2) is 19.2 Å². The summed E-state index contributed by atoms with van der Waals surface area (Å²) in [4.78, 5) is 51.2. The molecule has 0 unspecified atom stereocenters. The highest BCUT2D eigenvalue weighted by Gasteiger charge is 2.34. The molecule has 276 valence electrons. The summed E-state index contributed by atoms with van der Waals surface area (Å²) in [5.41, 5.74) is 0.748. The number of likely N-dealkylation sites (tertiary alicyclic amines) is 2. The number of carbonyl (C=O) groups is 4. The molecule has 2 heterocycles. The van der Waals surface area contributed by atoms with Gasteiger partial charge in [-0.05, 0) is 71.4 Å². The van der Waals surface area contributed by atoms with Gasteiger partial charge in [0.15, 0.2) is 0 Å². The first kappa shape index (κ1) is 39.9. The number of amides is 4. The molecule has 0 aliphatic carbocycles. The van der Waals surface area contributed by atoms with E-state index in [9.17, 15) is 24.3 Å². The summed E-state index contributed by atoms with van der Waals surface area (Å²) in [6.45, 7) is 15.0. The van der Waals surface area contributed by atoms with Crippen molar-refractivity contribution >= 4 is 24.4 Å². The van der Waals surface area contributed by atoms with Gasteiger partial charge in [-0.2, -0.15) is 0 Å². The number of β-amino-alcohol motifs (C(OH)–C–C–N with tert-alkyl or cyclic N) is 1. The summed E-state index contributed by atoms with van der Waals surface area (Å²) in [5.74, 6) is 0.130. The topological polar surface area (TPSA) is 156 Å². The fourth-order valence-corrected chi connectivity index (χ4v) is 5.28. The molecule has 0 radical (unpaired) electrons. The second-order valence-corrected chi connectivity index (χ2v) is 14.6. The first-order chi connectivity index (χ1) is 23.5. The zero-order chi connectivity index (χ0) is 36.9. The van der Waals surface area contributed by atoms with E-state index in [1.165, 1.54) is 4.90 Å². The van der Waals surface area contributed by atoms with E-state index in [-0.39, 0.29) is 37.8 Å². The number of alkyl carbamates (subject to hydrolysis) is 2. The standard InChI is InChI=1S/C19H28N2O4.C18H26N2O5/c1-14-12-21(18(23)25-19(2,3)4)11-10-16(14)20-17(22)24-13-15-8-6-5-7-9-15;1-18(2,3)25-17(23)20-10-9-14(15(21)11-20)19-16(22)24-12-13-7-5-4-6-8-13/h5-9,14,16H,10-13H2,1-4H3,(H,20,22);4-8,14-15,21H,9-12H2,1-3H3,(H,19,22)/t14-,16-;14-,15-/m11/s1. The van der Waals surface area contributed by atoms with Gasteiger partial charge in [-0.3, -0.25) is 0 Å². The average molecular weight is 699 g/mol. The molecule has 4 atom stereocenters. The maximum atomic E-state index is 12.1. The first-order valence-corrected chi connectivity index (χ1v) is 17.1. The quantitative estimate of drug-likeness (QED) is 0.316. The fourth-order valence-electron chi connectivity index (χ4n) is 5.28. The van der Waals surface area contributed by atoms with Crippen molar-refractivity contribution in [1.29, 1.82) is 0 Å². The van der Waals surface area contributed by atoms with Gasteiger partial charge in [0.2, 0.25) is 0 Å². The van der Waals surface area contributed by atoms with E-state index < -0.39 is 41.6 Å². The Kier molecular flexibility index (Phi) is 14.7. The lowest BCUT2D eigenvalue weighted by atomic mass is 9.94. The lowest BCUT2D eigenvalue weighted by Gasteiger charge is -2.37. The zero-order valence-electron chi connectivity index (χ0n) is 30.3. The normalized spacial score (nSPS) is 20.7. The van der Waals surface area contributed by atoms with E-state index in [4.69, 9.17) is 18.9 Å². The van der Waals surface area contributed by atoms with Crippen LogP contribution in [-0.4, -0.2) is 94.8 Å². The van der Waals surface area contributed by atoms with Crippen LogP contribution in [0.15, 0.2) is 60.7 Å². The summed E-state index contributed by atoms with van der Waals surface area (Å²) < 4.78 is 21.1. The first-order valence-electron chi connectivity index (χ1n) is 17.1. The van der Waals surface area contributed by atoms with Crippen LogP contribution in [0, 0.1) is 5.92 Å². The van der Waals surface area contributed by atoms with Crippen LogP contribution in [0.3, 0.4) is 0 Å². The number of hydrogen-bond donors (Lipinski definition) is 3. The maximum Gasteiger partial charge on any atom is 0.410 e. The third kappa shape index (κ3) is 14.5. The smallest absolute Gasteiger partial charge is 0.410 e. The van der Waals surface area contributed by atoms with E-state index in [0.29, 0.717) is 32.5 Å². The Hall–Kier alpha value is -4.52.